The van der Waals surface area contributed by atoms with Gasteiger partial charge in [-0.2, -0.15) is 0 Å². The molecule has 1 aliphatic rings. The van der Waals surface area contributed by atoms with Gasteiger partial charge in [-0.15, -0.1) is 0 Å². The Balaban J connectivity index is 1.77. The summed E-state index contributed by atoms with van der Waals surface area (Å²) >= 11 is 1.61. The molecule has 1 aromatic heterocycles. The van der Waals surface area contributed by atoms with Crippen LogP contribution in [0.4, 0.5) is 4.39 Å². The molecule has 5 heteroatoms. The molecule has 172 valence electrons. The Labute approximate surface area is 205 Å². The Hall–Kier alpha value is -3.44. The standard InChI is InChI=1S/C29H28FN3S/c1-4-20(2)28(26-16-10-11-17-31-26)33-29-27(24(19-34-29)22-12-6-5-7-13-22)21(3)32-18-23-14-8-9-15-25(23)30/h5-17,19,32H,4,18H2,1-3H3/b27-21+,28-20+,33-29+. The van der Waals surface area contributed by atoms with Gasteiger partial charge in [-0.25, -0.2) is 9.38 Å². The molecule has 3 aromatic rings. The van der Waals surface area contributed by atoms with Crippen LogP contribution in [0.2, 0.25) is 0 Å². The fraction of sp³-hybridized carbons (Fsp3) is 0.172. The highest BCUT2D eigenvalue weighted by atomic mass is 32.2. The fourth-order valence-corrected chi connectivity index (χ4v) is 4.73. The van der Waals surface area contributed by atoms with E-state index < -0.39 is 0 Å². The van der Waals surface area contributed by atoms with Crippen LogP contribution in [0.15, 0.2) is 106 Å². The summed E-state index contributed by atoms with van der Waals surface area (Å²) in [4.78, 5) is 9.70. The van der Waals surface area contributed by atoms with Crippen LogP contribution in [0.1, 0.15) is 44.0 Å². The van der Waals surface area contributed by atoms with Crippen LogP contribution in [-0.4, -0.2) is 10.0 Å². The van der Waals surface area contributed by atoms with E-state index in [1.807, 2.05) is 49.4 Å². The van der Waals surface area contributed by atoms with Crippen LogP contribution in [-0.2, 0) is 6.54 Å². The molecule has 0 amide bonds. The SMILES string of the molecule is CC/C(C)=C(/N=C1/SC=C(c2ccccc2)/C1=C(/C)NCc1ccccc1F)c1ccccn1. The van der Waals surface area contributed by atoms with Crippen molar-refractivity contribution >= 4 is 28.1 Å². The molecule has 4 rings (SSSR count). The van der Waals surface area contributed by atoms with Gasteiger partial charge >= 0.3 is 0 Å². The molecule has 0 saturated heterocycles. The van der Waals surface area contributed by atoms with Crippen molar-refractivity contribution in [3.8, 4) is 0 Å². The van der Waals surface area contributed by atoms with Gasteiger partial charge in [-0.05, 0) is 55.0 Å². The highest BCUT2D eigenvalue weighted by molar-refractivity contribution is 8.17. The largest absolute Gasteiger partial charge is 0.384 e. The quantitative estimate of drug-likeness (QED) is 0.387. The topological polar surface area (TPSA) is 37.3 Å². The summed E-state index contributed by atoms with van der Waals surface area (Å²) in [5.74, 6) is -0.208. The van der Waals surface area contributed by atoms with Crippen molar-refractivity contribution in [2.75, 3.05) is 0 Å². The van der Waals surface area contributed by atoms with Crippen LogP contribution in [0, 0.1) is 5.82 Å². The van der Waals surface area contributed by atoms with Gasteiger partial charge in [0.25, 0.3) is 0 Å². The lowest BCUT2D eigenvalue weighted by Gasteiger charge is -2.15. The zero-order chi connectivity index (χ0) is 23.9. The number of allylic oxidation sites excluding steroid dienone is 3. The van der Waals surface area contributed by atoms with E-state index in [4.69, 9.17) is 4.99 Å². The van der Waals surface area contributed by atoms with E-state index in [1.165, 1.54) is 11.6 Å². The molecule has 2 heterocycles. The average Bonchev–Trinajstić information content (AvgIpc) is 3.31. The van der Waals surface area contributed by atoms with Gasteiger partial charge in [0, 0.05) is 35.1 Å². The van der Waals surface area contributed by atoms with Gasteiger partial charge in [0.2, 0.25) is 0 Å². The predicted molar refractivity (Wildman–Crippen MR) is 143 cm³/mol. The average molecular weight is 470 g/mol. The third kappa shape index (κ3) is 5.37. The Morgan fingerprint density at radius 2 is 1.71 bits per heavy atom. The first kappa shape index (κ1) is 23.7. The maximum atomic E-state index is 14.2. The van der Waals surface area contributed by atoms with Crippen molar-refractivity contribution in [1.29, 1.82) is 0 Å². The first-order chi connectivity index (χ1) is 16.6. The minimum Gasteiger partial charge on any atom is -0.384 e. The summed E-state index contributed by atoms with van der Waals surface area (Å²) in [7, 11) is 0. The number of thioether (sulfide) groups is 1. The van der Waals surface area contributed by atoms with Gasteiger partial charge in [-0.1, -0.05) is 73.3 Å². The summed E-state index contributed by atoms with van der Waals surface area (Å²) < 4.78 is 14.2. The minimum absolute atomic E-state index is 0.208. The van der Waals surface area contributed by atoms with E-state index in [-0.39, 0.29) is 5.82 Å². The second-order valence-corrected chi connectivity index (χ2v) is 8.93. The minimum atomic E-state index is -0.208. The number of nitrogens with one attached hydrogen (secondary N) is 1. The van der Waals surface area contributed by atoms with Crippen molar-refractivity contribution in [3.63, 3.8) is 0 Å². The zero-order valence-electron chi connectivity index (χ0n) is 19.7. The summed E-state index contributed by atoms with van der Waals surface area (Å²) in [5, 5.41) is 6.50. The number of nitrogens with zero attached hydrogens (tertiary/aromatic N) is 2. The zero-order valence-corrected chi connectivity index (χ0v) is 20.5. The van der Waals surface area contributed by atoms with E-state index in [0.717, 1.165) is 45.3 Å². The summed E-state index contributed by atoms with van der Waals surface area (Å²) in [6.07, 6.45) is 2.68. The molecule has 3 nitrogen and oxygen atoms in total. The Morgan fingerprint density at radius 3 is 2.41 bits per heavy atom. The number of hydrogen-bond acceptors (Lipinski definition) is 4. The summed E-state index contributed by atoms with van der Waals surface area (Å²) in [5.41, 5.74) is 7.79. The van der Waals surface area contributed by atoms with Crippen molar-refractivity contribution in [3.05, 3.63) is 124 Å². The first-order valence-electron chi connectivity index (χ1n) is 11.4. The molecule has 0 atom stereocenters. The monoisotopic (exact) mass is 469 g/mol. The molecule has 1 N–H and O–H groups in total. The highest BCUT2D eigenvalue weighted by Crippen LogP contribution is 2.40. The van der Waals surface area contributed by atoms with E-state index in [0.29, 0.717) is 12.1 Å². The molecule has 0 spiro atoms. The summed E-state index contributed by atoms with van der Waals surface area (Å²) in [6, 6.07) is 23.1. The van der Waals surface area contributed by atoms with Crippen molar-refractivity contribution in [2.45, 2.75) is 33.7 Å². The Morgan fingerprint density at radius 1 is 0.971 bits per heavy atom. The molecule has 0 fully saturated rings. The first-order valence-corrected chi connectivity index (χ1v) is 12.3. The number of rotatable bonds is 7. The Kier molecular flexibility index (Phi) is 7.76. The van der Waals surface area contributed by atoms with Crippen LogP contribution in [0.25, 0.3) is 11.3 Å². The van der Waals surface area contributed by atoms with Crippen molar-refractivity contribution in [2.24, 2.45) is 4.99 Å². The number of aliphatic imine (C=N–C) groups is 1. The van der Waals surface area contributed by atoms with Crippen LogP contribution in [0.5, 0.6) is 0 Å². The van der Waals surface area contributed by atoms with E-state index in [2.05, 4.69) is 41.7 Å². The van der Waals surface area contributed by atoms with Gasteiger partial charge in [0.05, 0.1) is 11.4 Å². The highest BCUT2D eigenvalue weighted by Gasteiger charge is 2.24. The van der Waals surface area contributed by atoms with E-state index in [9.17, 15) is 4.39 Å². The molecule has 1 aliphatic heterocycles. The number of benzene rings is 2. The molecular weight excluding hydrogens is 441 g/mol. The molecule has 0 unspecified atom stereocenters. The maximum Gasteiger partial charge on any atom is 0.128 e. The summed E-state index contributed by atoms with van der Waals surface area (Å²) in [6.45, 7) is 6.67. The fourth-order valence-electron chi connectivity index (χ4n) is 3.72. The number of halogens is 1. The van der Waals surface area contributed by atoms with Crippen LogP contribution < -0.4 is 5.32 Å². The lowest BCUT2D eigenvalue weighted by molar-refractivity contribution is 0.601. The lowest BCUT2D eigenvalue weighted by Crippen LogP contribution is -2.16. The molecule has 0 bridgehead atoms. The molecule has 0 radical (unpaired) electrons. The van der Waals surface area contributed by atoms with Gasteiger partial charge < -0.3 is 5.32 Å². The second-order valence-electron chi connectivity index (χ2n) is 8.07. The molecule has 34 heavy (non-hydrogen) atoms. The van der Waals surface area contributed by atoms with Gasteiger partial charge in [0.15, 0.2) is 0 Å². The predicted octanol–water partition coefficient (Wildman–Crippen LogP) is 7.61. The van der Waals surface area contributed by atoms with E-state index in [1.54, 1.807) is 30.1 Å². The number of pyridine rings is 1. The van der Waals surface area contributed by atoms with Crippen molar-refractivity contribution < 1.29 is 4.39 Å². The third-order valence-electron chi connectivity index (χ3n) is 5.79. The van der Waals surface area contributed by atoms with E-state index >= 15 is 0 Å². The van der Waals surface area contributed by atoms with Crippen LogP contribution in [0.3, 0.4) is 0 Å². The molecule has 2 aromatic carbocycles. The molecular formula is C29H28FN3S. The normalized spacial score (nSPS) is 16.8. The second kappa shape index (κ2) is 11.1. The van der Waals surface area contributed by atoms with Crippen molar-refractivity contribution in [1.82, 2.24) is 10.3 Å². The third-order valence-corrected chi connectivity index (χ3v) is 6.66. The number of aromatic nitrogens is 1. The maximum absolute atomic E-state index is 14.2. The lowest BCUT2D eigenvalue weighted by atomic mass is 9.98. The smallest absolute Gasteiger partial charge is 0.128 e. The molecule has 0 saturated carbocycles. The molecule has 0 aliphatic carbocycles. The number of hydrogen-bond donors (Lipinski definition) is 1. The van der Waals surface area contributed by atoms with Crippen LogP contribution >= 0.6 is 11.8 Å². The Bertz CT molecular complexity index is 1270. The van der Waals surface area contributed by atoms with Gasteiger partial charge in [0.1, 0.15) is 10.9 Å². The van der Waals surface area contributed by atoms with Gasteiger partial charge in [-0.3, -0.25) is 4.98 Å².